The first-order valence-electron chi connectivity index (χ1n) is 5.00. The van der Waals surface area contributed by atoms with Gasteiger partial charge < -0.3 is 9.84 Å². The van der Waals surface area contributed by atoms with Crippen molar-refractivity contribution in [2.24, 2.45) is 0 Å². The van der Waals surface area contributed by atoms with Gasteiger partial charge in [0.1, 0.15) is 0 Å². The van der Waals surface area contributed by atoms with E-state index in [0.29, 0.717) is 12.2 Å². The number of hydrogen-bond acceptors (Lipinski definition) is 5. The predicted molar refractivity (Wildman–Crippen MR) is 68.8 cm³/mol. The Hall–Kier alpha value is -1.25. The summed E-state index contributed by atoms with van der Waals surface area (Å²) in [5, 5.41) is 18.5. The second kappa shape index (κ2) is 5.59. The van der Waals surface area contributed by atoms with Crippen LogP contribution >= 0.6 is 27.3 Å². The minimum absolute atomic E-state index is 0.0653. The Morgan fingerprint density at radius 3 is 3.00 bits per heavy atom. The third-order valence-corrected chi connectivity index (χ3v) is 4.22. The van der Waals surface area contributed by atoms with E-state index in [-0.39, 0.29) is 12.3 Å². The number of halogens is 1. The second-order valence-electron chi connectivity index (χ2n) is 3.47. The van der Waals surface area contributed by atoms with Crippen LogP contribution in [0.3, 0.4) is 0 Å². The fourth-order valence-corrected chi connectivity index (χ4v) is 2.94. The van der Waals surface area contributed by atoms with E-state index in [0.717, 1.165) is 9.35 Å². The average Bonchev–Trinajstić information content (AvgIpc) is 2.89. The first kappa shape index (κ1) is 13.2. The van der Waals surface area contributed by atoms with Crippen LogP contribution in [0.4, 0.5) is 0 Å². The summed E-state index contributed by atoms with van der Waals surface area (Å²) in [6.45, 7) is 0.634. The van der Waals surface area contributed by atoms with Gasteiger partial charge in [0.15, 0.2) is 5.69 Å². The van der Waals surface area contributed by atoms with Gasteiger partial charge in [-0.1, -0.05) is 5.21 Å². The maximum atomic E-state index is 11.0. The Bertz CT molecular complexity index is 566. The lowest BCUT2D eigenvalue weighted by atomic mass is 10.3. The van der Waals surface area contributed by atoms with Crippen LogP contribution < -0.4 is 0 Å². The zero-order chi connectivity index (χ0) is 13.1. The molecule has 1 N–H and O–H groups in total. The van der Waals surface area contributed by atoms with Crippen molar-refractivity contribution in [3.05, 3.63) is 32.2 Å². The summed E-state index contributed by atoms with van der Waals surface area (Å²) in [7, 11) is 1.50. The normalized spacial score (nSPS) is 10.8. The molecule has 2 aromatic rings. The fourth-order valence-electron chi connectivity index (χ4n) is 1.48. The van der Waals surface area contributed by atoms with Crippen LogP contribution in [0.5, 0.6) is 0 Å². The SMILES string of the molecule is COCc1c(C(=O)O)nnn1Cc1sccc1Br. The smallest absolute Gasteiger partial charge is 0.358 e. The van der Waals surface area contributed by atoms with E-state index in [1.807, 2.05) is 11.4 Å². The Balaban J connectivity index is 2.33. The summed E-state index contributed by atoms with van der Waals surface area (Å²) in [6, 6.07) is 1.94. The van der Waals surface area contributed by atoms with E-state index < -0.39 is 5.97 Å². The molecule has 6 nitrogen and oxygen atoms in total. The van der Waals surface area contributed by atoms with Crippen LogP contribution in [0.15, 0.2) is 15.9 Å². The molecule has 0 aliphatic heterocycles. The van der Waals surface area contributed by atoms with E-state index >= 15 is 0 Å². The number of aromatic nitrogens is 3. The molecule has 2 heterocycles. The molecular formula is C10H10BrN3O3S. The zero-order valence-electron chi connectivity index (χ0n) is 9.46. The molecule has 0 unspecified atom stereocenters. The highest BCUT2D eigenvalue weighted by Crippen LogP contribution is 2.24. The molecule has 0 radical (unpaired) electrons. The lowest BCUT2D eigenvalue weighted by molar-refractivity contribution is 0.0684. The quantitative estimate of drug-likeness (QED) is 0.906. The van der Waals surface area contributed by atoms with Gasteiger partial charge >= 0.3 is 5.97 Å². The third kappa shape index (κ3) is 2.60. The number of carbonyl (C=O) groups is 1. The molecule has 18 heavy (non-hydrogen) atoms. The molecular weight excluding hydrogens is 322 g/mol. The summed E-state index contributed by atoms with van der Waals surface area (Å²) < 4.78 is 7.52. The van der Waals surface area contributed by atoms with Gasteiger partial charge in [-0.05, 0) is 27.4 Å². The lowest BCUT2D eigenvalue weighted by Gasteiger charge is -2.05. The van der Waals surface area contributed by atoms with Crippen molar-refractivity contribution >= 4 is 33.2 Å². The van der Waals surface area contributed by atoms with E-state index in [9.17, 15) is 4.79 Å². The van der Waals surface area contributed by atoms with Crippen LogP contribution in [-0.4, -0.2) is 33.2 Å². The van der Waals surface area contributed by atoms with Gasteiger partial charge in [-0.15, -0.1) is 16.4 Å². The van der Waals surface area contributed by atoms with E-state index in [2.05, 4.69) is 26.2 Å². The van der Waals surface area contributed by atoms with Crippen molar-refractivity contribution in [3.63, 3.8) is 0 Å². The number of thiophene rings is 1. The van der Waals surface area contributed by atoms with Gasteiger partial charge in [0.05, 0.1) is 18.8 Å². The molecule has 96 valence electrons. The van der Waals surface area contributed by atoms with Gasteiger partial charge in [0, 0.05) is 16.5 Å². The Morgan fingerprint density at radius 1 is 1.67 bits per heavy atom. The van der Waals surface area contributed by atoms with Gasteiger partial charge in [-0.3, -0.25) is 0 Å². The minimum atomic E-state index is -1.10. The van der Waals surface area contributed by atoms with Crippen molar-refractivity contribution in [1.82, 2.24) is 15.0 Å². The maximum absolute atomic E-state index is 11.0. The predicted octanol–water partition coefficient (Wildman–Crippen LogP) is 1.99. The maximum Gasteiger partial charge on any atom is 0.358 e. The van der Waals surface area contributed by atoms with Gasteiger partial charge in [-0.2, -0.15) is 0 Å². The average molecular weight is 332 g/mol. The summed E-state index contributed by atoms with van der Waals surface area (Å²) in [5.74, 6) is -1.10. The first-order chi connectivity index (χ1) is 8.63. The van der Waals surface area contributed by atoms with Crippen molar-refractivity contribution in [2.45, 2.75) is 13.2 Å². The molecule has 0 atom stereocenters. The van der Waals surface area contributed by atoms with E-state index in [4.69, 9.17) is 9.84 Å². The largest absolute Gasteiger partial charge is 0.476 e. The standard InChI is InChI=1S/C10H10BrN3O3S/c1-17-5-7-9(10(15)16)12-13-14(7)4-8-6(11)2-3-18-8/h2-3H,4-5H2,1H3,(H,15,16). The van der Waals surface area contributed by atoms with E-state index in [1.165, 1.54) is 7.11 Å². The minimum Gasteiger partial charge on any atom is -0.476 e. The molecule has 0 amide bonds. The number of rotatable bonds is 5. The van der Waals surface area contributed by atoms with Gasteiger partial charge in [0.25, 0.3) is 0 Å². The van der Waals surface area contributed by atoms with Crippen LogP contribution in [0.2, 0.25) is 0 Å². The number of aromatic carboxylic acids is 1. The Kier molecular flexibility index (Phi) is 4.10. The summed E-state index contributed by atoms with van der Waals surface area (Å²) in [4.78, 5) is 12.1. The molecule has 0 saturated heterocycles. The summed E-state index contributed by atoms with van der Waals surface area (Å²) >= 11 is 4.99. The number of hydrogen-bond donors (Lipinski definition) is 1. The number of methoxy groups -OCH3 is 1. The molecule has 0 fully saturated rings. The molecule has 2 rings (SSSR count). The van der Waals surface area contributed by atoms with Crippen molar-refractivity contribution < 1.29 is 14.6 Å². The molecule has 2 aromatic heterocycles. The molecule has 0 saturated carbocycles. The summed E-state index contributed by atoms with van der Waals surface area (Å²) in [5.41, 5.74) is 0.398. The Labute approximate surface area is 115 Å². The fraction of sp³-hybridized carbons (Fsp3) is 0.300. The second-order valence-corrected chi connectivity index (χ2v) is 5.33. The van der Waals surface area contributed by atoms with Crippen LogP contribution in [0.25, 0.3) is 0 Å². The highest BCUT2D eigenvalue weighted by Gasteiger charge is 2.19. The number of carboxylic acid groups (broad SMARTS) is 1. The molecule has 0 spiro atoms. The lowest BCUT2D eigenvalue weighted by Crippen LogP contribution is -2.09. The topological polar surface area (TPSA) is 77.2 Å². The molecule has 0 bridgehead atoms. The highest BCUT2D eigenvalue weighted by molar-refractivity contribution is 9.10. The number of nitrogens with zero attached hydrogens (tertiary/aromatic N) is 3. The highest BCUT2D eigenvalue weighted by atomic mass is 79.9. The molecule has 8 heteroatoms. The monoisotopic (exact) mass is 331 g/mol. The van der Waals surface area contributed by atoms with Crippen molar-refractivity contribution in [3.8, 4) is 0 Å². The number of carboxylic acids is 1. The van der Waals surface area contributed by atoms with Gasteiger partial charge in [0.2, 0.25) is 0 Å². The van der Waals surface area contributed by atoms with Crippen LogP contribution in [-0.2, 0) is 17.9 Å². The third-order valence-electron chi connectivity index (χ3n) is 2.31. The van der Waals surface area contributed by atoms with Crippen molar-refractivity contribution in [1.29, 1.82) is 0 Å². The van der Waals surface area contributed by atoms with Crippen LogP contribution in [0.1, 0.15) is 21.1 Å². The van der Waals surface area contributed by atoms with Crippen LogP contribution in [0, 0.1) is 0 Å². The van der Waals surface area contributed by atoms with Crippen molar-refractivity contribution in [2.75, 3.05) is 7.11 Å². The van der Waals surface area contributed by atoms with Gasteiger partial charge in [-0.25, -0.2) is 9.48 Å². The van der Waals surface area contributed by atoms with E-state index in [1.54, 1.807) is 16.0 Å². The first-order valence-corrected chi connectivity index (χ1v) is 6.67. The number of ether oxygens (including phenoxy) is 1. The molecule has 0 aliphatic carbocycles. The Morgan fingerprint density at radius 2 is 2.44 bits per heavy atom. The molecule has 0 aliphatic rings. The molecule has 0 aromatic carbocycles. The summed E-state index contributed by atoms with van der Waals surface area (Å²) in [6.07, 6.45) is 0. The zero-order valence-corrected chi connectivity index (χ0v) is 11.9.